The van der Waals surface area contributed by atoms with Gasteiger partial charge < -0.3 is 5.32 Å². The standard InChI is InChI=1S/C17H23Cl2N/c1-12(14-6-5-13(18)11-15(14)19)20-16-7-10-17(16)8-3-2-4-9-17/h5-6,11-12,16,20H,2-4,7-10H2,1H3. The number of hydrogen-bond acceptors (Lipinski definition) is 1. The highest BCUT2D eigenvalue weighted by molar-refractivity contribution is 6.35. The molecule has 0 radical (unpaired) electrons. The van der Waals surface area contributed by atoms with Gasteiger partial charge in [-0.3, -0.25) is 0 Å². The second-order valence-electron chi connectivity index (χ2n) is 6.57. The SMILES string of the molecule is CC(NC1CCC12CCCCC2)c1ccc(Cl)cc1Cl. The molecule has 0 saturated heterocycles. The summed E-state index contributed by atoms with van der Waals surface area (Å²) in [5, 5.41) is 5.31. The van der Waals surface area contributed by atoms with Crippen LogP contribution in [0.25, 0.3) is 0 Å². The van der Waals surface area contributed by atoms with Crippen LogP contribution in [0.3, 0.4) is 0 Å². The Balaban J connectivity index is 1.68. The number of benzene rings is 1. The van der Waals surface area contributed by atoms with Crippen molar-refractivity contribution in [3.8, 4) is 0 Å². The monoisotopic (exact) mass is 311 g/mol. The molecule has 3 rings (SSSR count). The van der Waals surface area contributed by atoms with Crippen molar-refractivity contribution in [2.24, 2.45) is 5.41 Å². The first-order chi connectivity index (χ1) is 9.61. The molecular formula is C17H23Cl2N. The van der Waals surface area contributed by atoms with E-state index in [2.05, 4.69) is 18.3 Å². The van der Waals surface area contributed by atoms with Gasteiger partial charge in [0, 0.05) is 22.1 Å². The van der Waals surface area contributed by atoms with Gasteiger partial charge in [-0.1, -0.05) is 48.5 Å². The maximum atomic E-state index is 6.32. The molecule has 2 fully saturated rings. The first kappa shape index (κ1) is 14.7. The molecule has 2 aliphatic carbocycles. The van der Waals surface area contributed by atoms with Crippen LogP contribution in [-0.2, 0) is 0 Å². The van der Waals surface area contributed by atoms with Gasteiger partial charge in [0.25, 0.3) is 0 Å². The van der Waals surface area contributed by atoms with Crippen molar-refractivity contribution in [3.63, 3.8) is 0 Å². The zero-order valence-corrected chi connectivity index (χ0v) is 13.6. The van der Waals surface area contributed by atoms with Crippen LogP contribution in [-0.4, -0.2) is 6.04 Å². The number of rotatable bonds is 3. The normalized spacial score (nSPS) is 26.2. The van der Waals surface area contributed by atoms with Crippen molar-refractivity contribution in [3.05, 3.63) is 33.8 Å². The van der Waals surface area contributed by atoms with Crippen LogP contribution in [0.2, 0.25) is 10.0 Å². The molecule has 2 unspecified atom stereocenters. The summed E-state index contributed by atoms with van der Waals surface area (Å²) in [6.07, 6.45) is 9.79. The molecule has 1 aromatic carbocycles. The number of nitrogens with one attached hydrogen (secondary N) is 1. The van der Waals surface area contributed by atoms with Gasteiger partial charge in [-0.15, -0.1) is 0 Å². The smallest absolute Gasteiger partial charge is 0.0468 e. The quantitative estimate of drug-likeness (QED) is 0.748. The lowest BCUT2D eigenvalue weighted by atomic mass is 9.57. The van der Waals surface area contributed by atoms with E-state index in [1.807, 2.05) is 12.1 Å². The van der Waals surface area contributed by atoms with Gasteiger partial charge in [0.2, 0.25) is 0 Å². The lowest BCUT2D eigenvalue weighted by Gasteiger charge is -2.53. The second-order valence-corrected chi connectivity index (χ2v) is 7.41. The summed E-state index contributed by atoms with van der Waals surface area (Å²) in [5.74, 6) is 0. The molecule has 3 heteroatoms. The molecule has 1 nitrogen and oxygen atoms in total. The summed E-state index contributed by atoms with van der Waals surface area (Å²) in [6, 6.07) is 6.79. The lowest BCUT2D eigenvalue weighted by Crippen LogP contribution is -2.54. The topological polar surface area (TPSA) is 12.0 Å². The van der Waals surface area contributed by atoms with E-state index in [9.17, 15) is 0 Å². The van der Waals surface area contributed by atoms with Crippen LogP contribution in [0.4, 0.5) is 0 Å². The van der Waals surface area contributed by atoms with Crippen LogP contribution in [0, 0.1) is 5.41 Å². The van der Waals surface area contributed by atoms with Crippen molar-refractivity contribution in [1.29, 1.82) is 0 Å². The molecule has 0 aliphatic heterocycles. The molecule has 0 heterocycles. The zero-order valence-electron chi connectivity index (χ0n) is 12.1. The van der Waals surface area contributed by atoms with Crippen molar-refractivity contribution < 1.29 is 0 Å². The fraction of sp³-hybridized carbons (Fsp3) is 0.647. The van der Waals surface area contributed by atoms with Gasteiger partial charge in [0.1, 0.15) is 0 Å². The molecule has 0 aromatic heterocycles. The van der Waals surface area contributed by atoms with Gasteiger partial charge in [0.05, 0.1) is 0 Å². The summed E-state index contributed by atoms with van der Waals surface area (Å²) in [5.41, 5.74) is 1.75. The minimum absolute atomic E-state index is 0.295. The Bertz CT molecular complexity index is 480. The minimum Gasteiger partial charge on any atom is -0.307 e. The highest BCUT2D eigenvalue weighted by Gasteiger charge is 2.46. The number of halogens is 2. The first-order valence-electron chi connectivity index (χ1n) is 7.82. The van der Waals surface area contributed by atoms with Crippen LogP contribution in [0.15, 0.2) is 18.2 Å². The van der Waals surface area contributed by atoms with Gasteiger partial charge >= 0.3 is 0 Å². The minimum atomic E-state index is 0.295. The van der Waals surface area contributed by atoms with Gasteiger partial charge in [-0.25, -0.2) is 0 Å². The van der Waals surface area contributed by atoms with E-state index in [0.717, 1.165) is 10.6 Å². The Morgan fingerprint density at radius 2 is 1.90 bits per heavy atom. The highest BCUT2D eigenvalue weighted by atomic mass is 35.5. The predicted molar refractivity (Wildman–Crippen MR) is 86.6 cm³/mol. The predicted octanol–water partition coefficient (Wildman–Crippen LogP) is 5.76. The van der Waals surface area contributed by atoms with Gasteiger partial charge in [-0.05, 0) is 55.7 Å². The fourth-order valence-electron chi connectivity index (χ4n) is 4.06. The summed E-state index contributed by atoms with van der Waals surface area (Å²) >= 11 is 12.3. The summed E-state index contributed by atoms with van der Waals surface area (Å²) in [7, 11) is 0. The third-order valence-corrected chi connectivity index (χ3v) is 5.96. The van der Waals surface area contributed by atoms with Crippen molar-refractivity contribution >= 4 is 23.2 Å². The maximum Gasteiger partial charge on any atom is 0.0468 e. The van der Waals surface area contributed by atoms with Crippen molar-refractivity contribution in [1.82, 2.24) is 5.32 Å². The van der Waals surface area contributed by atoms with E-state index >= 15 is 0 Å². The van der Waals surface area contributed by atoms with E-state index in [1.165, 1.54) is 44.9 Å². The third-order valence-electron chi connectivity index (χ3n) is 5.40. The Labute approximate surface area is 132 Å². The van der Waals surface area contributed by atoms with E-state index in [4.69, 9.17) is 23.2 Å². The molecule has 20 heavy (non-hydrogen) atoms. The van der Waals surface area contributed by atoms with Crippen LogP contribution < -0.4 is 5.32 Å². The Kier molecular flexibility index (Phi) is 4.31. The maximum absolute atomic E-state index is 6.32. The molecule has 2 saturated carbocycles. The van der Waals surface area contributed by atoms with Gasteiger partial charge in [0.15, 0.2) is 0 Å². The largest absolute Gasteiger partial charge is 0.307 e. The first-order valence-corrected chi connectivity index (χ1v) is 8.57. The third kappa shape index (κ3) is 2.73. The Morgan fingerprint density at radius 1 is 1.15 bits per heavy atom. The van der Waals surface area contributed by atoms with Crippen LogP contribution >= 0.6 is 23.2 Å². The molecule has 1 aromatic rings. The fourth-order valence-corrected chi connectivity index (χ4v) is 4.63. The lowest BCUT2D eigenvalue weighted by molar-refractivity contribution is 0.0174. The van der Waals surface area contributed by atoms with E-state index in [-0.39, 0.29) is 0 Å². The summed E-state index contributed by atoms with van der Waals surface area (Å²) < 4.78 is 0. The summed E-state index contributed by atoms with van der Waals surface area (Å²) in [4.78, 5) is 0. The molecule has 0 bridgehead atoms. The second kappa shape index (κ2) is 5.87. The Hall–Kier alpha value is -0.240. The highest BCUT2D eigenvalue weighted by Crippen LogP contribution is 2.52. The van der Waals surface area contributed by atoms with E-state index < -0.39 is 0 Å². The summed E-state index contributed by atoms with van der Waals surface area (Å²) in [6.45, 7) is 2.21. The molecule has 1 spiro atoms. The van der Waals surface area contributed by atoms with Gasteiger partial charge in [-0.2, -0.15) is 0 Å². The average Bonchev–Trinajstić information content (AvgIpc) is 2.44. The molecular weight excluding hydrogens is 289 g/mol. The van der Waals surface area contributed by atoms with Crippen molar-refractivity contribution in [2.75, 3.05) is 0 Å². The Morgan fingerprint density at radius 3 is 2.50 bits per heavy atom. The molecule has 2 atom stereocenters. The van der Waals surface area contributed by atoms with Crippen LogP contribution in [0.1, 0.15) is 63.5 Å². The van der Waals surface area contributed by atoms with Crippen molar-refractivity contribution in [2.45, 2.75) is 64.0 Å². The van der Waals surface area contributed by atoms with Crippen LogP contribution in [0.5, 0.6) is 0 Å². The molecule has 0 amide bonds. The van der Waals surface area contributed by atoms with E-state index in [0.29, 0.717) is 22.5 Å². The number of hydrogen-bond donors (Lipinski definition) is 1. The zero-order chi connectivity index (χ0) is 14.2. The van der Waals surface area contributed by atoms with E-state index in [1.54, 1.807) is 0 Å². The molecule has 2 aliphatic rings. The average molecular weight is 312 g/mol. The molecule has 1 N–H and O–H groups in total. The molecule has 110 valence electrons.